The fraction of sp³-hybridized carbons (Fsp3) is 0.588. The van der Waals surface area contributed by atoms with Gasteiger partial charge in [0.1, 0.15) is 0 Å². The highest BCUT2D eigenvalue weighted by Gasteiger charge is 2.53. The van der Waals surface area contributed by atoms with Gasteiger partial charge in [-0.15, -0.1) is 0 Å². The van der Waals surface area contributed by atoms with Gasteiger partial charge in [0.05, 0.1) is 0 Å². The molecule has 1 saturated heterocycles. The lowest BCUT2D eigenvalue weighted by atomic mass is 9.92. The molecule has 1 aliphatic carbocycles. The van der Waals surface area contributed by atoms with E-state index in [1.54, 1.807) is 0 Å². The van der Waals surface area contributed by atoms with Gasteiger partial charge in [-0.3, -0.25) is 4.79 Å². The Morgan fingerprint density at radius 1 is 1.35 bits per heavy atom. The molecular formula is C17H22N2O. The van der Waals surface area contributed by atoms with Crippen molar-refractivity contribution in [3.05, 3.63) is 29.8 Å². The second kappa shape index (κ2) is 4.32. The normalized spacial score (nSPS) is 30.4. The molecule has 2 fully saturated rings. The molecule has 106 valence electrons. The van der Waals surface area contributed by atoms with Crippen LogP contribution >= 0.6 is 0 Å². The monoisotopic (exact) mass is 270 g/mol. The second-order valence-electron chi connectivity index (χ2n) is 6.80. The van der Waals surface area contributed by atoms with Gasteiger partial charge < -0.3 is 10.2 Å². The first-order valence-corrected chi connectivity index (χ1v) is 7.84. The van der Waals surface area contributed by atoms with E-state index in [9.17, 15) is 4.79 Å². The number of benzene rings is 1. The molecular weight excluding hydrogens is 248 g/mol. The van der Waals surface area contributed by atoms with E-state index < -0.39 is 0 Å². The smallest absolute Gasteiger partial charge is 0.230 e. The molecule has 1 aromatic rings. The summed E-state index contributed by atoms with van der Waals surface area (Å²) in [7, 11) is 0. The van der Waals surface area contributed by atoms with Crippen molar-refractivity contribution >= 4 is 11.6 Å². The number of para-hydroxylation sites is 1. The van der Waals surface area contributed by atoms with E-state index in [0.29, 0.717) is 17.4 Å². The molecule has 2 heterocycles. The SMILES string of the molecule is C[C@H]1C[C@@H](C(=O)N2CC3(CC3)c3ccccc32)CCN1. The standard InChI is InChI=1S/C17H22N2O/c1-12-10-13(6-9-18-12)16(20)19-11-17(7-8-17)14-4-2-3-5-15(14)19/h2-5,12-13,18H,6-11H2,1H3/t12-,13-/m0/s1. The minimum Gasteiger partial charge on any atom is -0.314 e. The van der Waals surface area contributed by atoms with Crippen molar-refractivity contribution in [1.29, 1.82) is 0 Å². The molecule has 2 aliphatic heterocycles. The lowest BCUT2D eigenvalue weighted by Gasteiger charge is -2.30. The molecule has 3 nitrogen and oxygen atoms in total. The molecule has 1 aromatic carbocycles. The minimum atomic E-state index is 0.202. The van der Waals surface area contributed by atoms with Crippen LogP contribution in [0.1, 0.15) is 38.2 Å². The molecule has 2 atom stereocenters. The molecule has 0 radical (unpaired) electrons. The summed E-state index contributed by atoms with van der Waals surface area (Å²) in [5.41, 5.74) is 2.90. The number of fused-ring (bicyclic) bond motifs is 2. The van der Waals surface area contributed by atoms with Gasteiger partial charge >= 0.3 is 0 Å². The number of nitrogens with one attached hydrogen (secondary N) is 1. The minimum absolute atomic E-state index is 0.202. The van der Waals surface area contributed by atoms with E-state index in [2.05, 4.69) is 41.4 Å². The van der Waals surface area contributed by atoms with E-state index in [0.717, 1.165) is 25.9 Å². The molecule has 4 rings (SSSR count). The van der Waals surface area contributed by atoms with E-state index in [1.165, 1.54) is 24.1 Å². The third-order valence-corrected chi connectivity index (χ3v) is 5.32. The van der Waals surface area contributed by atoms with Crippen LogP contribution in [0.3, 0.4) is 0 Å². The first-order chi connectivity index (χ1) is 9.70. The van der Waals surface area contributed by atoms with E-state index in [4.69, 9.17) is 0 Å². The van der Waals surface area contributed by atoms with E-state index >= 15 is 0 Å². The molecule has 3 heteroatoms. The third kappa shape index (κ3) is 1.80. The molecule has 0 aromatic heterocycles. The van der Waals surface area contributed by atoms with Crippen LogP contribution in [0.5, 0.6) is 0 Å². The third-order valence-electron chi connectivity index (χ3n) is 5.32. The average Bonchev–Trinajstić information content (AvgIpc) is 3.17. The maximum Gasteiger partial charge on any atom is 0.230 e. The van der Waals surface area contributed by atoms with Gasteiger partial charge in [-0.1, -0.05) is 18.2 Å². The molecule has 1 amide bonds. The van der Waals surface area contributed by atoms with Gasteiger partial charge in [-0.05, 0) is 50.8 Å². The van der Waals surface area contributed by atoms with Gasteiger partial charge in [0.2, 0.25) is 5.91 Å². The Morgan fingerprint density at radius 2 is 2.15 bits per heavy atom. The van der Waals surface area contributed by atoms with Crippen molar-refractivity contribution in [3.63, 3.8) is 0 Å². The second-order valence-corrected chi connectivity index (χ2v) is 6.80. The molecule has 1 saturated carbocycles. The zero-order valence-electron chi connectivity index (χ0n) is 12.1. The predicted octanol–water partition coefficient (Wildman–Crippen LogP) is 2.45. The average molecular weight is 270 g/mol. The summed E-state index contributed by atoms with van der Waals surface area (Å²) < 4.78 is 0. The molecule has 3 aliphatic rings. The molecule has 20 heavy (non-hydrogen) atoms. The molecule has 0 bridgehead atoms. The Hall–Kier alpha value is -1.35. The van der Waals surface area contributed by atoms with Gasteiger partial charge in [-0.25, -0.2) is 0 Å². The van der Waals surface area contributed by atoms with Gasteiger partial charge in [0, 0.05) is 29.6 Å². The van der Waals surface area contributed by atoms with Crippen molar-refractivity contribution < 1.29 is 4.79 Å². The summed E-state index contributed by atoms with van der Waals surface area (Å²) in [6.07, 6.45) is 4.45. The number of hydrogen-bond acceptors (Lipinski definition) is 2. The summed E-state index contributed by atoms with van der Waals surface area (Å²) >= 11 is 0. The van der Waals surface area contributed by atoms with Crippen LogP contribution in [-0.4, -0.2) is 25.0 Å². The zero-order valence-corrected chi connectivity index (χ0v) is 12.1. The number of amides is 1. The molecule has 1 N–H and O–H groups in total. The fourth-order valence-electron chi connectivity index (χ4n) is 3.98. The Bertz CT molecular complexity index is 550. The number of anilines is 1. The number of carbonyl (C=O) groups excluding carboxylic acids is 1. The topological polar surface area (TPSA) is 32.3 Å². The van der Waals surface area contributed by atoms with E-state index in [-0.39, 0.29) is 5.92 Å². The van der Waals surface area contributed by atoms with Crippen LogP contribution in [0.4, 0.5) is 5.69 Å². The van der Waals surface area contributed by atoms with Crippen LogP contribution in [-0.2, 0) is 10.2 Å². The van der Waals surface area contributed by atoms with Gasteiger partial charge in [0.15, 0.2) is 0 Å². The van der Waals surface area contributed by atoms with Crippen molar-refractivity contribution in [2.75, 3.05) is 18.0 Å². The Kier molecular flexibility index (Phi) is 2.68. The summed E-state index contributed by atoms with van der Waals surface area (Å²) in [6, 6.07) is 8.99. The van der Waals surface area contributed by atoms with Crippen LogP contribution in [0, 0.1) is 5.92 Å². The Morgan fingerprint density at radius 3 is 2.90 bits per heavy atom. The van der Waals surface area contributed by atoms with Crippen molar-refractivity contribution in [3.8, 4) is 0 Å². The number of carbonyl (C=O) groups is 1. The highest BCUT2D eigenvalue weighted by atomic mass is 16.2. The summed E-state index contributed by atoms with van der Waals surface area (Å²) in [6.45, 7) is 4.07. The van der Waals surface area contributed by atoms with Crippen LogP contribution < -0.4 is 10.2 Å². The summed E-state index contributed by atoms with van der Waals surface area (Å²) in [5.74, 6) is 0.558. The Balaban J connectivity index is 1.62. The zero-order chi connectivity index (χ0) is 13.7. The quantitative estimate of drug-likeness (QED) is 0.850. The van der Waals surface area contributed by atoms with Crippen molar-refractivity contribution in [1.82, 2.24) is 5.32 Å². The fourth-order valence-corrected chi connectivity index (χ4v) is 3.98. The molecule has 1 spiro atoms. The first-order valence-electron chi connectivity index (χ1n) is 7.84. The van der Waals surface area contributed by atoms with Gasteiger partial charge in [-0.2, -0.15) is 0 Å². The lowest BCUT2D eigenvalue weighted by Crippen LogP contribution is -2.44. The van der Waals surface area contributed by atoms with Gasteiger partial charge in [0.25, 0.3) is 0 Å². The highest BCUT2D eigenvalue weighted by molar-refractivity contribution is 5.98. The number of piperidine rings is 1. The van der Waals surface area contributed by atoms with Crippen LogP contribution in [0.2, 0.25) is 0 Å². The van der Waals surface area contributed by atoms with Crippen molar-refractivity contribution in [2.45, 2.75) is 44.1 Å². The first kappa shape index (κ1) is 12.4. The predicted molar refractivity (Wildman–Crippen MR) is 79.9 cm³/mol. The summed E-state index contributed by atoms with van der Waals surface area (Å²) in [5, 5.41) is 3.43. The van der Waals surface area contributed by atoms with Crippen LogP contribution in [0.15, 0.2) is 24.3 Å². The Labute approximate surface area is 120 Å². The molecule has 0 unspecified atom stereocenters. The number of nitrogens with zero attached hydrogens (tertiary/aromatic N) is 1. The van der Waals surface area contributed by atoms with Crippen molar-refractivity contribution in [2.24, 2.45) is 5.92 Å². The van der Waals surface area contributed by atoms with Crippen LogP contribution in [0.25, 0.3) is 0 Å². The highest BCUT2D eigenvalue weighted by Crippen LogP contribution is 2.56. The lowest BCUT2D eigenvalue weighted by molar-refractivity contribution is -0.123. The maximum absolute atomic E-state index is 12.9. The number of rotatable bonds is 1. The summed E-state index contributed by atoms with van der Waals surface area (Å²) in [4.78, 5) is 15.0. The number of hydrogen-bond donors (Lipinski definition) is 1. The maximum atomic E-state index is 12.9. The van der Waals surface area contributed by atoms with E-state index in [1.807, 2.05) is 0 Å². The largest absolute Gasteiger partial charge is 0.314 e.